The first kappa shape index (κ1) is 11.5. The Morgan fingerprint density at radius 2 is 2.29 bits per heavy atom. The predicted octanol–water partition coefficient (Wildman–Crippen LogP) is 3.79. The van der Waals surface area contributed by atoms with Crippen molar-refractivity contribution < 1.29 is 0 Å². The molecule has 2 unspecified atom stereocenters. The summed E-state index contributed by atoms with van der Waals surface area (Å²) in [6, 6.07) is 5.93. The van der Waals surface area contributed by atoms with Crippen molar-refractivity contribution in [3.63, 3.8) is 0 Å². The van der Waals surface area contributed by atoms with Crippen LogP contribution in [0.3, 0.4) is 0 Å². The molecule has 0 amide bonds. The van der Waals surface area contributed by atoms with Gasteiger partial charge in [0.05, 0.1) is 20.2 Å². The van der Waals surface area contributed by atoms with E-state index in [4.69, 9.17) is 22.3 Å². The Morgan fingerprint density at radius 3 is 3.06 bits per heavy atom. The fraction of sp³-hybridized carbons (Fsp3) is 0.462. The van der Waals surface area contributed by atoms with E-state index < -0.39 is 0 Å². The molecular formula is C13H15ClN2S. The summed E-state index contributed by atoms with van der Waals surface area (Å²) in [7, 11) is 0. The van der Waals surface area contributed by atoms with E-state index in [2.05, 4.69) is 0 Å². The maximum absolute atomic E-state index is 6.19. The number of nitrogens with two attached hydrogens (primary N) is 1. The lowest BCUT2D eigenvalue weighted by atomic mass is 9.97. The molecule has 0 spiro atoms. The molecule has 0 saturated heterocycles. The van der Waals surface area contributed by atoms with Crippen LogP contribution in [0.2, 0.25) is 5.02 Å². The van der Waals surface area contributed by atoms with Crippen LogP contribution in [0.4, 0.5) is 0 Å². The van der Waals surface area contributed by atoms with Crippen molar-refractivity contribution in [3.05, 3.63) is 28.2 Å². The van der Waals surface area contributed by atoms with E-state index in [1.807, 2.05) is 18.2 Å². The van der Waals surface area contributed by atoms with Crippen LogP contribution < -0.4 is 5.73 Å². The zero-order valence-corrected chi connectivity index (χ0v) is 11.1. The Kier molecular flexibility index (Phi) is 3.07. The van der Waals surface area contributed by atoms with Crippen molar-refractivity contribution in [2.75, 3.05) is 6.54 Å². The number of nitrogens with zero attached hydrogens (tertiary/aromatic N) is 1. The van der Waals surface area contributed by atoms with Crippen molar-refractivity contribution in [2.24, 2.45) is 11.7 Å². The number of benzene rings is 1. The molecule has 1 saturated carbocycles. The van der Waals surface area contributed by atoms with Crippen LogP contribution in [-0.4, -0.2) is 11.5 Å². The van der Waals surface area contributed by atoms with Crippen LogP contribution in [0, 0.1) is 5.92 Å². The van der Waals surface area contributed by atoms with Crippen molar-refractivity contribution in [3.8, 4) is 0 Å². The van der Waals surface area contributed by atoms with Crippen molar-refractivity contribution >= 4 is 33.2 Å². The zero-order valence-electron chi connectivity index (χ0n) is 9.53. The molecule has 2 aromatic rings. The molecule has 1 aliphatic carbocycles. The van der Waals surface area contributed by atoms with Crippen molar-refractivity contribution in [1.82, 2.24) is 4.98 Å². The first-order valence-corrected chi connectivity index (χ1v) is 7.24. The highest BCUT2D eigenvalue weighted by Crippen LogP contribution is 2.42. The average Bonchev–Trinajstić information content (AvgIpc) is 2.94. The van der Waals surface area contributed by atoms with Gasteiger partial charge in [0, 0.05) is 5.92 Å². The average molecular weight is 267 g/mol. The van der Waals surface area contributed by atoms with Gasteiger partial charge in [-0.1, -0.05) is 24.1 Å². The molecule has 2 N–H and O–H groups in total. The third kappa shape index (κ3) is 1.96. The molecule has 17 heavy (non-hydrogen) atoms. The molecule has 1 aliphatic rings. The number of aromatic nitrogens is 1. The van der Waals surface area contributed by atoms with Gasteiger partial charge >= 0.3 is 0 Å². The number of hydrogen-bond donors (Lipinski definition) is 1. The van der Waals surface area contributed by atoms with Crippen LogP contribution in [0.5, 0.6) is 0 Å². The summed E-state index contributed by atoms with van der Waals surface area (Å²) >= 11 is 7.93. The van der Waals surface area contributed by atoms with Gasteiger partial charge in [-0.3, -0.25) is 0 Å². The number of hydrogen-bond acceptors (Lipinski definition) is 3. The van der Waals surface area contributed by atoms with E-state index in [9.17, 15) is 0 Å². The van der Waals surface area contributed by atoms with Gasteiger partial charge in [0.25, 0.3) is 0 Å². The van der Waals surface area contributed by atoms with Gasteiger partial charge in [-0.05, 0) is 37.4 Å². The van der Waals surface area contributed by atoms with Gasteiger partial charge in [-0.2, -0.15) is 0 Å². The molecule has 4 heteroatoms. The minimum absolute atomic E-state index is 0.550. The Morgan fingerprint density at radius 1 is 1.41 bits per heavy atom. The Labute approximate surface area is 110 Å². The molecule has 3 rings (SSSR count). The van der Waals surface area contributed by atoms with Crippen molar-refractivity contribution in [1.29, 1.82) is 0 Å². The lowest BCUT2D eigenvalue weighted by Crippen LogP contribution is -2.16. The van der Waals surface area contributed by atoms with E-state index >= 15 is 0 Å². The molecule has 1 aromatic heterocycles. The van der Waals surface area contributed by atoms with Crippen LogP contribution in [0.1, 0.15) is 30.2 Å². The van der Waals surface area contributed by atoms with Crippen LogP contribution in [-0.2, 0) is 0 Å². The summed E-state index contributed by atoms with van der Waals surface area (Å²) in [4.78, 5) is 4.73. The first-order chi connectivity index (χ1) is 8.29. The molecule has 1 aromatic carbocycles. The molecule has 2 nitrogen and oxygen atoms in total. The van der Waals surface area contributed by atoms with Gasteiger partial charge in [0.2, 0.25) is 0 Å². The number of thiazole rings is 1. The topological polar surface area (TPSA) is 38.9 Å². The Hall–Kier alpha value is -0.640. The lowest BCUT2D eigenvalue weighted by Gasteiger charge is -2.14. The maximum Gasteiger partial charge on any atom is 0.0973 e. The first-order valence-electron chi connectivity index (χ1n) is 6.04. The molecule has 0 bridgehead atoms. The monoisotopic (exact) mass is 266 g/mol. The number of halogens is 1. The molecule has 0 radical (unpaired) electrons. The lowest BCUT2D eigenvalue weighted by molar-refractivity contribution is 0.495. The summed E-state index contributed by atoms with van der Waals surface area (Å²) in [5, 5.41) is 2.04. The molecular weight excluding hydrogens is 252 g/mol. The van der Waals surface area contributed by atoms with Gasteiger partial charge in [0.15, 0.2) is 0 Å². The quantitative estimate of drug-likeness (QED) is 0.898. The van der Waals surface area contributed by atoms with Crippen LogP contribution in [0.15, 0.2) is 18.2 Å². The molecule has 1 heterocycles. The Bertz CT molecular complexity index is 537. The van der Waals surface area contributed by atoms with Crippen molar-refractivity contribution in [2.45, 2.75) is 25.2 Å². The smallest absolute Gasteiger partial charge is 0.0973 e. The summed E-state index contributed by atoms with van der Waals surface area (Å²) < 4.78 is 1.12. The van der Waals surface area contributed by atoms with Crippen LogP contribution in [0.25, 0.3) is 10.2 Å². The molecule has 0 aliphatic heterocycles. The number of fused-ring (bicyclic) bond motifs is 1. The second-order valence-corrected chi connectivity index (χ2v) is 6.11. The highest BCUT2D eigenvalue weighted by molar-refractivity contribution is 7.19. The normalized spacial score (nSPS) is 24.6. The standard InChI is InChI=1S/C13H15ClN2S/c14-10-5-2-6-11-12(10)17-13(16-11)9-4-1-3-8(9)7-15/h2,5-6,8-9H,1,3-4,7,15H2. The fourth-order valence-corrected chi connectivity index (χ4v) is 4.22. The number of rotatable bonds is 2. The highest BCUT2D eigenvalue weighted by atomic mass is 35.5. The zero-order chi connectivity index (χ0) is 11.8. The van der Waals surface area contributed by atoms with Crippen LogP contribution >= 0.6 is 22.9 Å². The Balaban J connectivity index is 2.03. The van der Waals surface area contributed by atoms with E-state index in [-0.39, 0.29) is 0 Å². The van der Waals surface area contributed by atoms with E-state index in [1.165, 1.54) is 24.3 Å². The maximum atomic E-state index is 6.19. The van der Waals surface area contributed by atoms with Gasteiger partial charge < -0.3 is 5.73 Å². The fourth-order valence-electron chi connectivity index (χ4n) is 2.74. The predicted molar refractivity (Wildman–Crippen MR) is 73.8 cm³/mol. The molecule has 90 valence electrons. The van der Waals surface area contributed by atoms with E-state index in [0.29, 0.717) is 11.8 Å². The largest absolute Gasteiger partial charge is 0.330 e. The third-order valence-electron chi connectivity index (χ3n) is 3.66. The van der Waals surface area contributed by atoms with Gasteiger partial charge in [-0.25, -0.2) is 4.98 Å². The summed E-state index contributed by atoms with van der Waals surface area (Å²) in [5.41, 5.74) is 6.86. The SMILES string of the molecule is NCC1CCCC1c1nc2cccc(Cl)c2s1. The van der Waals surface area contributed by atoms with Gasteiger partial charge in [0.1, 0.15) is 0 Å². The van der Waals surface area contributed by atoms with E-state index in [1.54, 1.807) is 11.3 Å². The molecule has 1 fully saturated rings. The second-order valence-electron chi connectivity index (χ2n) is 4.67. The summed E-state index contributed by atoms with van der Waals surface area (Å²) in [6.45, 7) is 0.772. The minimum atomic E-state index is 0.550. The molecule has 2 atom stereocenters. The summed E-state index contributed by atoms with van der Waals surface area (Å²) in [6.07, 6.45) is 3.74. The summed E-state index contributed by atoms with van der Waals surface area (Å²) in [5.74, 6) is 1.16. The third-order valence-corrected chi connectivity index (χ3v) is 5.33. The second kappa shape index (κ2) is 4.56. The van der Waals surface area contributed by atoms with E-state index in [0.717, 1.165) is 21.8 Å². The highest BCUT2D eigenvalue weighted by Gasteiger charge is 2.30. The van der Waals surface area contributed by atoms with Gasteiger partial charge in [-0.15, -0.1) is 11.3 Å². The minimum Gasteiger partial charge on any atom is -0.330 e.